The van der Waals surface area contributed by atoms with Gasteiger partial charge in [-0.2, -0.15) is 0 Å². The molecule has 1 unspecified atom stereocenters. The summed E-state index contributed by atoms with van der Waals surface area (Å²) in [7, 11) is 0. The second-order valence-corrected chi connectivity index (χ2v) is 5.97. The van der Waals surface area contributed by atoms with Crippen molar-refractivity contribution in [3.63, 3.8) is 0 Å². The number of benzene rings is 2. The predicted octanol–water partition coefficient (Wildman–Crippen LogP) is 2.94. The zero-order valence-electron chi connectivity index (χ0n) is 12.0. The highest BCUT2D eigenvalue weighted by atomic mass is 79.9. The molecule has 0 saturated heterocycles. The zero-order valence-corrected chi connectivity index (χ0v) is 13.6. The summed E-state index contributed by atoms with van der Waals surface area (Å²) in [6.45, 7) is 0.691. The summed E-state index contributed by atoms with van der Waals surface area (Å²) in [6, 6.07) is 10.2. The van der Waals surface area contributed by atoms with Gasteiger partial charge in [-0.1, -0.05) is 28.1 Å². The van der Waals surface area contributed by atoms with Crippen molar-refractivity contribution in [2.45, 2.75) is 6.10 Å². The van der Waals surface area contributed by atoms with Gasteiger partial charge in [-0.05, 0) is 24.3 Å². The number of ether oxygens (including phenoxy) is 2. The third kappa shape index (κ3) is 3.39. The molecule has 5 nitrogen and oxygen atoms in total. The highest BCUT2D eigenvalue weighted by molar-refractivity contribution is 9.10. The van der Waals surface area contributed by atoms with E-state index in [-0.39, 0.29) is 11.7 Å². The van der Waals surface area contributed by atoms with E-state index in [9.17, 15) is 9.18 Å². The number of halogens is 2. The summed E-state index contributed by atoms with van der Waals surface area (Å²) in [5.74, 6) is -0.166. The van der Waals surface area contributed by atoms with Gasteiger partial charge in [-0.3, -0.25) is 4.79 Å². The van der Waals surface area contributed by atoms with Gasteiger partial charge in [0.15, 0.2) is 11.5 Å². The Bertz CT molecular complexity index is 754. The third-order valence-electron chi connectivity index (χ3n) is 3.39. The molecular weight excluding hydrogens is 367 g/mol. The SMILES string of the molecule is NC(=O)c1c(F)cc(Br)cc1NCC1COc2ccccc2O1. The fraction of sp³-hybridized carbons (Fsp3) is 0.188. The molecular formula is C16H14BrFN2O3. The lowest BCUT2D eigenvalue weighted by molar-refractivity contribution is 0.0987. The minimum absolute atomic E-state index is 0.176. The van der Waals surface area contributed by atoms with Gasteiger partial charge in [0.2, 0.25) is 0 Å². The number of amides is 1. The van der Waals surface area contributed by atoms with Gasteiger partial charge >= 0.3 is 0 Å². The van der Waals surface area contributed by atoms with Crippen molar-refractivity contribution in [2.24, 2.45) is 5.73 Å². The van der Waals surface area contributed by atoms with E-state index < -0.39 is 11.7 Å². The standard InChI is InChI=1S/C16H14BrFN2O3/c17-9-5-11(18)15(16(19)21)12(6-9)20-7-10-8-22-13-3-1-2-4-14(13)23-10/h1-6,10,20H,7-8H2,(H2,19,21). The Labute approximate surface area is 140 Å². The Hall–Kier alpha value is -2.28. The van der Waals surface area contributed by atoms with E-state index in [0.717, 1.165) is 0 Å². The number of nitrogens with two attached hydrogens (primary N) is 1. The van der Waals surface area contributed by atoms with Crippen molar-refractivity contribution < 1.29 is 18.7 Å². The first-order valence-corrected chi connectivity index (χ1v) is 7.75. The molecule has 0 aromatic heterocycles. The van der Waals surface area contributed by atoms with Crippen LogP contribution in [0.15, 0.2) is 40.9 Å². The number of para-hydroxylation sites is 2. The molecule has 7 heteroatoms. The molecule has 0 saturated carbocycles. The summed E-state index contributed by atoms with van der Waals surface area (Å²) in [5, 5.41) is 3.00. The van der Waals surface area contributed by atoms with Crippen LogP contribution in [0.1, 0.15) is 10.4 Å². The number of anilines is 1. The molecule has 23 heavy (non-hydrogen) atoms. The quantitative estimate of drug-likeness (QED) is 0.854. The highest BCUT2D eigenvalue weighted by Crippen LogP contribution is 2.31. The summed E-state index contributed by atoms with van der Waals surface area (Å²) in [4.78, 5) is 11.4. The fourth-order valence-corrected chi connectivity index (χ4v) is 2.78. The van der Waals surface area contributed by atoms with E-state index in [1.54, 1.807) is 6.07 Å². The Morgan fingerprint density at radius 3 is 2.83 bits per heavy atom. The van der Waals surface area contributed by atoms with Gasteiger partial charge < -0.3 is 20.5 Å². The summed E-state index contributed by atoms with van der Waals surface area (Å²) in [5.41, 5.74) is 5.38. The molecule has 1 aliphatic heterocycles. The van der Waals surface area contributed by atoms with E-state index in [4.69, 9.17) is 15.2 Å². The van der Waals surface area contributed by atoms with Crippen molar-refractivity contribution in [3.05, 3.63) is 52.3 Å². The topological polar surface area (TPSA) is 73.6 Å². The van der Waals surface area contributed by atoms with E-state index in [1.807, 2.05) is 24.3 Å². The molecule has 2 aromatic carbocycles. The first-order chi connectivity index (χ1) is 11.0. The number of carbonyl (C=O) groups excluding carboxylic acids is 1. The number of hydrogen-bond acceptors (Lipinski definition) is 4. The lowest BCUT2D eigenvalue weighted by Crippen LogP contribution is -2.35. The average molecular weight is 381 g/mol. The maximum Gasteiger partial charge on any atom is 0.253 e. The fourth-order valence-electron chi connectivity index (χ4n) is 2.35. The molecule has 3 N–H and O–H groups in total. The Balaban J connectivity index is 1.73. The van der Waals surface area contributed by atoms with Crippen molar-refractivity contribution in [2.75, 3.05) is 18.5 Å². The number of nitrogens with one attached hydrogen (secondary N) is 1. The Kier molecular flexibility index (Phi) is 4.38. The molecule has 0 fully saturated rings. The van der Waals surface area contributed by atoms with Crippen LogP contribution >= 0.6 is 15.9 Å². The lowest BCUT2D eigenvalue weighted by Gasteiger charge is -2.27. The Morgan fingerprint density at radius 2 is 2.09 bits per heavy atom. The van der Waals surface area contributed by atoms with Crippen LogP contribution in [0.4, 0.5) is 10.1 Å². The molecule has 3 rings (SSSR count). The largest absolute Gasteiger partial charge is 0.486 e. The molecule has 2 aromatic rings. The number of primary amides is 1. The monoisotopic (exact) mass is 380 g/mol. The zero-order chi connectivity index (χ0) is 16.4. The molecule has 1 heterocycles. The number of carbonyl (C=O) groups is 1. The van der Waals surface area contributed by atoms with Gasteiger partial charge in [0, 0.05) is 4.47 Å². The second kappa shape index (κ2) is 6.45. The van der Waals surface area contributed by atoms with Crippen LogP contribution < -0.4 is 20.5 Å². The minimum atomic E-state index is -0.830. The number of rotatable bonds is 4. The summed E-state index contributed by atoms with van der Waals surface area (Å²) >= 11 is 3.20. The second-order valence-electron chi connectivity index (χ2n) is 5.05. The van der Waals surface area contributed by atoms with Gasteiger partial charge in [-0.25, -0.2) is 4.39 Å². The van der Waals surface area contributed by atoms with Crippen LogP contribution in [0.2, 0.25) is 0 Å². The maximum atomic E-state index is 13.9. The van der Waals surface area contributed by atoms with E-state index in [1.165, 1.54) is 6.07 Å². The average Bonchev–Trinajstić information content (AvgIpc) is 2.51. The van der Waals surface area contributed by atoms with Crippen molar-refractivity contribution in [1.29, 1.82) is 0 Å². The van der Waals surface area contributed by atoms with Crippen molar-refractivity contribution in [3.8, 4) is 11.5 Å². The molecule has 1 atom stereocenters. The predicted molar refractivity (Wildman–Crippen MR) is 87.5 cm³/mol. The van der Waals surface area contributed by atoms with Crippen LogP contribution in [-0.2, 0) is 0 Å². The maximum absolute atomic E-state index is 13.9. The van der Waals surface area contributed by atoms with E-state index in [2.05, 4.69) is 21.2 Å². The molecule has 0 spiro atoms. The van der Waals surface area contributed by atoms with Crippen LogP contribution in [0, 0.1) is 5.82 Å². The van der Waals surface area contributed by atoms with Crippen LogP contribution in [0.5, 0.6) is 11.5 Å². The molecule has 0 bridgehead atoms. The summed E-state index contributed by atoms with van der Waals surface area (Å²) < 4.78 is 25.8. The molecule has 1 amide bonds. The first-order valence-electron chi connectivity index (χ1n) is 6.96. The minimum Gasteiger partial charge on any atom is -0.486 e. The summed E-state index contributed by atoms with van der Waals surface area (Å²) in [6.07, 6.45) is -0.271. The normalized spacial score (nSPS) is 16.0. The first kappa shape index (κ1) is 15.6. The number of fused-ring (bicyclic) bond motifs is 1. The third-order valence-corrected chi connectivity index (χ3v) is 3.85. The smallest absolute Gasteiger partial charge is 0.253 e. The Morgan fingerprint density at radius 1 is 1.35 bits per heavy atom. The molecule has 1 aliphatic rings. The van der Waals surface area contributed by atoms with Gasteiger partial charge in [0.1, 0.15) is 18.5 Å². The van der Waals surface area contributed by atoms with Gasteiger partial charge in [0.25, 0.3) is 5.91 Å². The van der Waals surface area contributed by atoms with Crippen molar-refractivity contribution in [1.82, 2.24) is 0 Å². The molecule has 0 radical (unpaired) electrons. The highest BCUT2D eigenvalue weighted by Gasteiger charge is 2.22. The van der Waals surface area contributed by atoms with E-state index >= 15 is 0 Å². The lowest BCUT2D eigenvalue weighted by atomic mass is 10.1. The van der Waals surface area contributed by atoms with Crippen LogP contribution in [0.3, 0.4) is 0 Å². The number of hydrogen-bond donors (Lipinski definition) is 2. The molecule has 120 valence electrons. The van der Waals surface area contributed by atoms with Gasteiger partial charge in [-0.15, -0.1) is 0 Å². The van der Waals surface area contributed by atoms with Crippen LogP contribution in [0.25, 0.3) is 0 Å². The molecule has 0 aliphatic carbocycles. The van der Waals surface area contributed by atoms with E-state index in [0.29, 0.717) is 34.8 Å². The van der Waals surface area contributed by atoms with Crippen molar-refractivity contribution >= 4 is 27.5 Å². The van der Waals surface area contributed by atoms with Crippen LogP contribution in [-0.4, -0.2) is 25.2 Å². The van der Waals surface area contributed by atoms with Gasteiger partial charge in [0.05, 0.1) is 17.8 Å².